The predicted octanol–water partition coefficient (Wildman–Crippen LogP) is 3.12. The van der Waals surface area contributed by atoms with Gasteiger partial charge in [0.1, 0.15) is 5.82 Å². The van der Waals surface area contributed by atoms with Gasteiger partial charge in [-0.05, 0) is 30.2 Å². The van der Waals surface area contributed by atoms with Gasteiger partial charge in [-0.25, -0.2) is 4.39 Å². The van der Waals surface area contributed by atoms with Crippen LogP contribution in [0.1, 0.15) is 12.0 Å². The van der Waals surface area contributed by atoms with Crippen LogP contribution in [0.15, 0.2) is 30.5 Å². The summed E-state index contributed by atoms with van der Waals surface area (Å²) in [6, 6.07) is 5.81. The van der Waals surface area contributed by atoms with Gasteiger partial charge in [0.05, 0.1) is 12.1 Å². The van der Waals surface area contributed by atoms with Crippen molar-refractivity contribution in [2.45, 2.75) is 19.1 Å². The minimum Gasteiger partial charge on any atom is -0.396 e. The fraction of sp³-hybridized carbons (Fsp3) is 0.400. The Labute approximate surface area is 125 Å². The van der Waals surface area contributed by atoms with Gasteiger partial charge in [-0.15, -0.1) is 0 Å². The van der Waals surface area contributed by atoms with Crippen LogP contribution in [0.4, 0.5) is 17.6 Å². The van der Waals surface area contributed by atoms with Crippen molar-refractivity contribution >= 4 is 10.9 Å². The molecule has 1 aromatic carbocycles. The van der Waals surface area contributed by atoms with Gasteiger partial charge in [-0.3, -0.25) is 9.88 Å². The first-order valence-electron chi connectivity index (χ1n) is 6.82. The molecule has 2 aromatic rings. The van der Waals surface area contributed by atoms with Crippen molar-refractivity contribution in [2.75, 3.05) is 19.7 Å². The molecule has 1 N–H and O–H groups in total. The number of pyridine rings is 1. The Bertz CT molecular complexity index is 630. The van der Waals surface area contributed by atoms with E-state index in [-0.39, 0.29) is 26.1 Å². The number of nitrogens with zero attached hydrogens (tertiary/aromatic N) is 2. The Morgan fingerprint density at radius 3 is 2.68 bits per heavy atom. The van der Waals surface area contributed by atoms with Gasteiger partial charge in [-0.2, -0.15) is 13.2 Å². The molecule has 0 radical (unpaired) electrons. The highest BCUT2D eigenvalue weighted by molar-refractivity contribution is 5.81. The molecule has 0 amide bonds. The van der Waals surface area contributed by atoms with Gasteiger partial charge in [0.25, 0.3) is 0 Å². The average Bonchev–Trinajstić information content (AvgIpc) is 2.43. The van der Waals surface area contributed by atoms with Crippen LogP contribution in [0.3, 0.4) is 0 Å². The second-order valence-electron chi connectivity index (χ2n) is 5.04. The Morgan fingerprint density at radius 2 is 2.00 bits per heavy atom. The van der Waals surface area contributed by atoms with Crippen LogP contribution < -0.4 is 0 Å². The summed E-state index contributed by atoms with van der Waals surface area (Å²) in [6.45, 7) is -1.32. The third-order valence-electron chi connectivity index (χ3n) is 3.18. The zero-order valence-electron chi connectivity index (χ0n) is 11.8. The predicted molar refractivity (Wildman–Crippen MR) is 74.7 cm³/mol. The largest absolute Gasteiger partial charge is 0.401 e. The second kappa shape index (κ2) is 7.02. The topological polar surface area (TPSA) is 36.4 Å². The van der Waals surface area contributed by atoms with Crippen LogP contribution in [0, 0.1) is 5.82 Å². The molecule has 0 bridgehead atoms. The van der Waals surface area contributed by atoms with Crippen LogP contribution in [0.25, 0.3) is 10.9 Å². The molecular formula is C15H16F4N2O. The monoisotopic (exact) mass is 316 g/mol. The normalized spacial score (nSPS) is 12.3. The van der Waals surface area contributed by atoms with Crippen molar-refractivity contribution < 1.29 is 22.7 Å². The molecule has 7 heteroatoms. The maximum atomic E-state index is 13.6. The van der Waals surface area contributed by atoms with E-state index in [0.29, 0.717) is 16.5 Å². The van der Waals surface area contributed by atoms with Crippen molar-refractivity contribution in [1.82, 2.24) is 9.88 Å². The van der Waals surface area contributed by atoms with E-state index >= 15 is 0 Å². The third kappa shape index (κ3) is 4.64. The van der Waals surface area contributed by atoms with E-state index in [1.54, 1.807) is 12.1 Å². The number of aliphatic hydroxyl groups is 1. The second-order valence-corrected chi connectivity index (χ2v) is 5.04. The summed E-state index contributed by atoms with van der Waals surface area (Å²) in [5.74, 6) is -0.510. The number of benzene rings is 1. The summed E-state index contributed by atoms with van der Waals surface area (Å²) in [7, 11) is 0. The number of alkyl halides is 3. The van der Waals surface area contributed by atoms with E-state index in [0.717, 1.165) is 4.90 Å². The summed E-state index contributed by atoms with van der Waals surface area (Å²) in [4.78, 5) is 5.27. The van der Waals surface area contributed by atoms with E-state index in [9.17, 15) is 17.6 Å². The average molecular weight is 316 g/mol. The highest BCUT2D eigenvalue weighted by Gasteiger charge is 2.30. The molecule has 2 rings (SSSR count). The molecular weight excluding hydrogens is 300 g/mol. The third-order valence-corrected chi connectivity index (χ3v) is 3.18. The van der Waals surface area contributed by atoms with Crippen molar-refractivity contribution in [3.05, 3.63) is 41.8 Å². The minimum absolute atomic E-state index is 0.0703. The van der Waals surface area contributed by atoms with Crippen LogP contribution in [0.5, 0.6) is 0 Å². The number of aromatic nitrogens is 1. The lowest BCUT2D eigenvalue weighted by Gasteiger charge is -2.23. The molecule has 120 valence electrons. The first kappa shape index (κ1) is 16.6. The number of rotatable bonds is 6. The molecule has 1 heterocycles. The molecule has 22 heavy (non-hydrogen) atoms. The number of hydrogen-bond donors (Lipinski definition) is 1. The fourth-order valence-electron chi connectivity index (χ4n) is 2.35. The van der Waals surface area contributed by atoms with Crippen molar-refractivity contribution in [1.29, 1.82) is 0 Å². The van der Waals surface area contributed by atoms with Crippen LogP contribution in [-0.4, -0.2) is 40.9 Å². The van der Waals surface area contributed by atoms with Gasteiger partial charge >= 0.3 is 6.18 Å². The Kier molecular flexibility index (Phi) is 5.31. The van der Waals surface area contributed by atoms with Crippen molar-refractivity contribution in [3.63, 3.8) is 0 Å². The Balaban J connectivity index is 2.28. The summed E-state index contributed by atoms with van der Waals surface area (Å²) < 4.78 is 51.5. The zero-order chi connectivity index (χ0) is 16.2. The van der Waals surface area contributed by atoms with E-state index in [2.05, 4.69) is 4.98 Å². The van der Waals surface area contributed by atoms with Gasteiger partial charge in [0.2, 0.25) is 0 Å². The molecule has 0 aliphatic rings. The van der Waals surface area contributed by atoms with Gasteiger partial charge in [-0.1, -0.05) is 6.07 Å². The molecule has 0 saturated carbocycles. The number of hydrogen-bond acceptors (Lipinski definition) is 3. The molecule has 0 saturated heterocycles. The summed E-state index contributed by atoms with van der Waals surface area (Å²) in [6.07, 6.45) is -2.62. The van der Waals surface area contributed by atoms with Crippen LogP contribution in [-0.2, 0) is 6.54 Å². The molecule has 3 nitrogen and oxygen atoms in total. The SMILES string of the molecule is OCCCN(Cc1cc(F)cc2cccnc12)CC(F)(F)F. The Hall–Kier alpha value is -1.73. The Morgan fingerprint density at radius 1 is 1.23 bits per heavy atom. The number of aliphatic hydroxyl groups excluding tert-OH is 1. The molecule has 1 aromatic heterocycles. The standard InChI is InChI=1S/C15H16F4N2O/c16-13-7-11-3-1-4-20-14(11)12(8-13)9-21(5-2-6-22)10-15(17,18)19/h1,3-4,7-8,22H,2,5-6,9-10H2. The van der Waals surface area contributed by atoms with Gasteiger partial charge in [0, 0.05) is 31.3 Å². The highest BCUT2D eigenvalue weighted by Crippen LogP contribution is 2.23. The van der Waals surface area contributed by atoms with Gasteiger partial charge in [0.15, 0.2) is 0 Å². The maximum absolute atomic E-state index is 13.6. The van der Waals surface area contributed by atoms with E-state index in [1.165, 1.54) is 18.3 Å². The minimum atomic E-state index is -4.36. The van der Waals surface area contributed by atoms with Gasteiger partial charge < -0.3 is 5.11 Å². The fourth-order valence-corrected chi connectivity index (χ4v) is 2.35. The van der Waals surface area contributed by atoms with Crippen LogP contribution >= 0.6 is 0 Å². The smallest absolute Gasteiger partial charge is 0.396 e. The number of halogens is 4. The molecule has 0 aliphatic heterocycles. The summed E-state index contributed by atoms with van der Waals surface area (Å²) >= 11 is 0. The highest BCUT2D eigenvalue weighted by atomic mass is 19.4. The zero-order valence-corrected chi connectivity index (χ0v) is 11.8. The van der Waals surface area contributed by atoms with E-state index in [4.69, 9.17) is 5.11 Å². The molecule has 0 atom stereocenters. The quantitative estimate of drug-likeness (QED) is 0.832. The number of fused-ring (bicyclic) bond motifs is 1. The lowest BCUT2D eigenvalue weighted by Crippen LogP contribution is -2.35. The lowest BCUT2D eigenvalue weighted by atomic mass is 10.1. The van der Waals surface area contributed by atoms with Crippen LogP contribution in [0.2, 0.25) is 0 Å². The first-order chi connectivity index (χ1) is 10.4. The first-order valence-corrected chi connectivity index (χ1v) is 6.82. The summed E-state index contributed by atoms with van der Waals surface area (Å²) in [5.41, 5.74) is 0.887. The van der Waals surface area contributed by atoms with Crippen molar-refractivity contribution in [2.24, 2.45) is 0 Å². The van der Waals surface area contributed by atoms with E-state index < -0.39 is 18.5 Å². The molecule has 0 aliphatic carbocycles. The van der Waals surface area contributed by atoms with Crippen molar-refractivity contribution in [3.8, 4) is 0 Å². The summed E-state index contributed by atoms with van der Waals surface area (Å²) in [5, 5.41) is 9.36. The lowest BCUT2D eigenvalue weighted by molar-refractivity contribution is -0.147. The maximum Gasteiger partial charge on any atom is 0.401 e. The molecule has 0 spiro atoms. The molecule has 0 unspecified atom stereocenters. The van der Waals surface area contributed by atoms with E-state index in [1.807, 2.05) is 0 Å². The molecule has 0 fully saturated rings.